The average Bonchev–Trinajstić information content (AvgIpc) is 2.61. The minimum atomic E-state index is -0.695. The van der Waals surface area contributed by atoms with Gasteiger partial charge in [0.25, 0.3) is 5.91 Å². The van der Waals surface area contributed by atoms with Crippen molar-refractivity contribution < 1.29 is 23.9 Å². The van der Waals surface area contributed by atoms with Crippen LogP contribution >= 0.6 is 15.9 Å². The van der Waals surface area contributed by atoms with Crippen LogP contribution in [0.4, 0.5) is 11.4 Å². The molecule has 8 nitrogen and oxygen atoms in total. The predicted molar refractivity (Wildman–Crippen MR) is 99.6 cm³/mol. The van der Waals surface area contributed by atoms with Crippen molar-refractivity contribution in [1.29, 1.82) is 0 Å². The quantitative estimate of drug-likeness (QED) is 0.556. The van der Waals surface area contributed by atoms with Gasteiger partial charge < -0.3 is 19.5 Å². The lowest BCUT2D eigenvalue weighted by Gasteiger charge is -2.15. The highest BCUT2D eigenvalue weighted by molar-refractivity contribution is 9.10. The number of nitro groups is 1. The van der Waals surface area contributed by atoms with Gasteiger partial charge in [0, 0.05) is 10.5 Å². The normalized spacial score (nSPS) is 10.2. The van der Waals surface area contributed by atoms with Crippen LogP contribution in [-0.4, -0.2) is 32.2 Å². The minimum absolute atomic E-state index is 0.0368. The maximum absolute atomic E-state index is 12.7. The maximum Gasteiger partial charge on any atom is 0.327 e. The van der Waals surface area contributed by atoms with Crippen molar-refractivity contribution >= 4 is 33.2 Å². The van der Waals surface area contributed by atoms with Gasteiger partial charge in [-0.05, 0) is 40.5 Å². The van der Waals surface area contributed by atoms with Gasteiger partial charge in [-0.25, -0.2) is 0 Å². The molecule has 0 bridgehead atoms. The van der Waals surface area contributed by atoms with Crippen molar-refractivity contribution in [2.75, 3.05) is 26.6 Å². The number of nitrogens with one attached hydrogen (secondary N) is 1. The van der Waals surface area contributed by atoms with E-state index < -0.39 is 16.5 Å². The molecule has 0 aromatic heterocycles. The molecule has 26 heavy (non-hydrogen) atoms. The van der Waals surface area contributed by atoms with Crippen LogP contribution in [0.1, 0.15) is 15.9 Å². The first-order valence-corrected chi connectivity index (χ1v) is 8.18. The van der Waals surface area contributed by atoms with E-state index in [1.54, 1.807) is 6.07 Å². The number of carbonyl (C=O) groups is 1. The van der Waals surface area contributed by atoms with Crippen molar-refractivity contribution in [3.8, 4) is 17.2 Å². The van der Waals surface area contributed by atoms with E-state index in [2.05, 4.69) is 21.2 Å². The van der Waals surface area contributed by atoms with Crippen molar-refractivity contribution in [2.45, 2.75) is 6.92 Å². The van der Waals surface area contributed by atoms with Crippen LogP contribution in [0.3, 0.4) is 0 Å². The zero-order valence-electron chi connectivity index (χ0n) is 14.6. The third-order valence-corrected chi connectivity index (χ3v) is 4.26. The molecule has 138 valence electrons. The molecule has 0 saturated carbocycles. The van der Waals surface area contributed by atoms with E-state index in [1.807, 2.05) is 19.1 Å². The Morgan fingerprint density at radius 1 is 1.12 bits per heavy atom. The van der Waals surface area contributed by atoms with Crippen LogP contribution in [0.2, 0.25) is 0 Å². The highest BCUT2D eigenvalue weighted by Gasteiger charge is 2.32. The second-order valence-electron chi connectivity index (χ2n) is 5.24. The Morgan fingerprint density at radius 3 is 2.27 bits per heavy atom. The molecular formula is C17H17BrN2O6. The molecule has 0 fully saturated rings. The van der Waals surface area contributed by atoms with Gasteiger partial charge in [-0.1, -0.05) is 6.07 Å². The van der Waals surface area contributed by atoms with Crippen LogP contribution in [0.5, 0.6) is 17.2 Å². The number of halogens is 1. The van der Waals surface area contributed by atoms with Crippen molar-refractivity contribution in [3.63, 3.8) is 0 Å². The zero-order valence-corrected chi connectivity index (χ0v) is 16.2. The van der Waals surface area contributed by atoms with Crippen molar-refractivity contribution in [2.24, 2.45) is 0 Å². The van der Waals surface area contributed by atoms with Crippen LogP contribution < -0.4 is 19.5 Å². The third kappa shape index (κ3) is 3.72. The molecule has 0 radical (unpaired) electrons. The topological polar surface area (TPSA) is 99.9 Å². The molecule has 0 spiro atoms. The minimum Gasteiger partial charge on any atom is -0.493 e. The molecule has 0 atom stereocenters. The fourth-order valence-electron chi connectivity index (χ4n) is 2.41. The second-order valence-corrected chi connectivity index (χ2v) is 6.09. The summed E-state index contributed by atoms with van der Waals surface area (Å²) in [6, 6.07) is 6.57. The molecule has 0 aliphatic heterocycles. The van der Waals surface area contributed by atoms with Gasteiger partial charge in [0.2, 0.25) is 11.5 Å². The van der Waals surface area contributed by atoms with Gasteiger partial charge in [0.1, 0.15) is 5.56 Å². The summed E-state index contributed by atoms with van der Waals surface area (Å²) in [7, 11) is 3.94. The van der Waals surface area contributed by atoms with Crippen LogP contribution in [-0.2, 0) is 0 Å². The van der Waals surface area contributed by atoms with Gasteiger partial charge in [-0.2, -0.15) is 0 Å². The Hall–Kier alpha value is -2.81. The van der Waals surface area contributed by atoms with Crippen LogP contribution in [0, 0.1) is 17.0 Å². The predicted octanol–water partition coefficient (Wildman–Crippen LogP) is 3.94. The monoisotopic (exact) mass is 424 g/mol. The second kappa shape index (κ2) is 8.05. The molecule has 1 N–H and O–H groups in total. The van der Waals surface area contributed by atoms with Crippen molar-refractivity contribution in [3.05, 3.63) is 50.0 Å². The van der Waals surface area contributed by atoms with Gasteiger partial charge in [0.05, 0.1) is 31.9 Å². The lowest BCUT2D eigenvalue weighted by molar-refractivity contribution is -0.386. The van der Waals surface area contributed by atoms with Gasteiger partial charge in [-0.15, -0.1) is 0 Å². The Morgan fingerprint density at radius 2 is 1.77 bits per heavy atom. The molecule has 0 aliphatic carbocycles. The van der Waals surface area contributed by atoms with E-state index in [-0.39, 0.29) is 22.8 Å². The molecule has 0 unspecified atom stereocenters. The first-order valence-electron chi connectivity index (χ1n) is 7.38. The van der Waals surface area contributed by atoms with Gasteiger partial charge >= 0.3 is 5.69 Å². The molecule has 0 heterocycles. The molecule has 1 amide bonds. The molecule has 2 aromatic rings. The number of rotatable bonds is 6. The molecule has 2 rings (SSSR count). The largest absolute Gasteiger partial charge is 0.493 e. The standard InChI is InChI=1S/C17H17BrN2O6/c1-9-5-6-12(11(18)7-9)19-17(21)10-8-13(24-2)15(25-3)16(26-4)14(10)20(22)23/h5-8H,1-4H3,(H,19,21). The summed E-state index contributed by atoms with van der Waals surface area (Å²) in [5, 5.41) is 14.2. The smallest absolute Gasteiger partial charge is 0.327 e. The lowest BCUT2D eigenvalue weighted by atomic mass is 10.1. The van der Waals surface area contributed by atoms with Crippen LogP contribution in [0.15, 0.2) is 28.7 Å². The summed E-state index contributed by atoms with van der Waals surface area (Å²) in [6.45, 7) is 1.90. The summed E-state index contributed by atoms with van der Waals surface area (Å²) >= 11 is 3.36. The Kier molecular flexibility index (Phi) is 6.04. The number of benzene rings is 2. The maximum atomic E-state index is 12.7. The molecule has 2 aromatic carbocycles. The third-order valence-electron chi connectivity index (χ3n) is 3.60. The van der Waals surface area contributed by atoms with E-state index in [9.17, 15) is 14.9 Å². The lowest BCUT2D eigenvalue weighted by Crippen LogP contribution is -2.15. The number of carbonyl (C=O) groups excluding carboxylic acids is 1. The SMILES string of the molecule is COc1cc(C(=O)Nc2ccc(C)cc2Br)c([N+](=O)[O-])c(OC)c1OC. The first-order chi connectivity index (χ1) is 12.3. The highest BCUT2D eigenvalue weighted by atomic mass is 79.9. The number of nitrogens with zero attached hydrogens (tertiary/aromatic N) is 1. The van der Waals surface area contributed by atoms with Gasteiger partial charge in [-0.3, -0.25) is 14.9 Å². The molecule has 9 heteroatoms. The number of ether oxygens (including phenoxy) is 3. The number of nitro benzene ring substituents is 1. The van der Waals surface area contributed by atoms with E-state index in [0.29, 0.717) is 10.2 Å². The number of amides is 1. The summed E-state index contributed by atoms with van der Waals surface area (Å²) in [4.78, 5) is 23.6. The number of methoxy groups -OCH3 is 3. The average molecular weight is 425 g/mol. The van der Waals surface area contributed by atoms with E-state index in [4.69, 9.17) is 14.2 Å². The summed E-state index contributed by atoms with van der Waals surface area (Å²) in [5.41, 5.74) is 0.750. The first kappa shape index (κ1) is 19.5. The number of anilines is 1. The highest BCUT2D eigenvalue weighted by Crippen LogP contribution is 2.46. The van der Waals surface area contributed by atoms with E-state index >= 15 is 0 Å². The molecule has 0 saturated heterocycles. The van der Waals surface area contributed by atoms with E-state index in [1.165, 1.54) is 27.4 Å². The van der Waals surface area contributed by atoms with Gasteiger partial charge in [0.15, 0.2) is 5.75 Å². The fourth-order valence-corrected chi connectivity index (χ4v) is 3.00. The molecule has 0 aliphatic rings. The number of hydrogen-bond donors (Lipinski definition) is 1. The van der Waals surface area contributed by atoms with Crippen molar-refractivity contribution in [1.82, 2.24) is 0 Å². The van der Waals surface area contributed by atoms with E-state index in [0.717, 1.165) is 5.56 Å². The fraction of sp³-hybridized carbons (Fsp3) is 0.235. The number of aryl methyl sites for hydroxylation is 1. The summed E-state index contributed by atoms with van der Waals surface area (Å²) in [6.07, 6.45) is 0. The summed E-state index contributed by atoms with van der Waals surface area (Å²) < 4.78 is 16.1. The Balaban J connectivity index is 2.59. The van der Waals surface area contributed by atoms with Crippen LogP contribution in [0.25, 0.3) is 0 Å². The Labute approximate surface area is 158 Å². The number of hydrogen-bond acceptors (Lipinski definition) is 6. The zero-order chi connectivity index (χ0) is 19.4. The molecular weight excluding hydrogens is 408 g/mol. The Bertz CT molecular complexity index is 869. The summed E-state index contributed by atoms with van der Waals surface area (Å²) in [5.74, 6) is -0.691.